The highest BCUT2D eigenvalue weighted by Crippen LogP contribution is 2.43. The summed E-state index contributed by atoms with van der Waals surface area (Å²) in [5, 5.41) is 4.47. The minimum Gasteiger partial charge on any atom is -0.374 e. The standard InChI is InChI=1S/C30H42N4O4/c1-29(2,31)27(36)32-25(21-38-20-23-14-9-6-10-15-23)26(35)24-16-11-17-30(19-24,28(37)33-34(3)4)18-22-12-7-5-8-13-22/h5-10,12-15,24-25H,11,16-21,31H2,1-4H3,(H,32,36)(H,33,37)/t24?,25?,30-/m1/s1. The van der Waals surface area contributed by atoms with E-state index in [1.807, 2.05) is 60.7 Å². The van der Waals surface area contributed by atoms with E-state index in [-0.39, 0.29) is 18.3 Å². The quantitative estimate of drug-likeness (QED) is 0.369. The first-order valence-electron chi connectivity index (χ1n) is 13.3. The summed E-state index contributed by atoms with van der Waals surface area (Å²) in [6.45, 7) is 3.56. The zero-order valence-corrected chi connectivity index (χ0v) is 23.0. The van der Waals surface area contributed by atoms with E-state index in [1.54, 1.807) is 33.0 Å². The van der Waals surface area contributed by atoms with E-state index in [2.05, 4.69) is 10.7 Å². The molecule has 0 bridgehead atoms. The van der Waals surface area contributed by atoms with Crippen LogP contribution >= 0.6 is 0 Å². The average Bonchev–Trinajstić information content (AvgIpc) is 2.88. The van der Waals surface area contributed by atoms with Crippen LogP contribution < -0.4 is 16.5 Å². The lowest BCUT2D eigenvalue weighted by atomic mass is 9.64. The molecule has 3 atom stereocenters. The number of hydrazine groups is 1. The number of rotatable bonds is 12. The largest absolute Gasteiger partial charge is 0.374 e. The third-order valence-electron chi connectivity index (χ3n) is 7.07. The Bertz CT molecular complexity index is 1070. The Morgan fingerprint density at radius 1 is 1.05 bits per heavy atom. The van der Waals surface area contributed by atoms with Crippen molar-refractivity contribution >= 4 is 17.6 Å². The van der Waals surface area contributed by atoms with E-state index in [9.17, 15) is 14.4 Å². The fourth-order valence-corrected chi connectivity index (χ4v) is 5.05. The van der Waals surface area contributed by atoms with Crippen molar-refractivity contribution in [2.24, 2.45) is 17.1 Å². The number of carbonyl (C=O) groups is 3. The molecule has 0 heterocycles. The van der Waals surface area contributed by atoms with E-state index >= 15 is 0 Å². The second-order valence-electron chi connectivity index (χ2n) is 11.2. The van der Waals surface area contributed by atoms with E-state index in [4.69, 9.17) is 10.5 Å². The Kier molecular flexibility index (Phi) is 10.2. The molecule has 0 aliphatic heterocycles. The van der Waals surface area contributed by atoms with E-state index in [0.29, 0.717) is 32.3 Å². The SMILES string of the molecule is CN(C)NC(=O)[C@@]1(Cc2ccccc2)CCCC(C(=O)C(COCc2ccccc2)NC(=O)C(C)(C)N)C1. The summed E-state index contributed by atoms with van der Waals surface area (Å²) in [5.74, 6) is -1.03. The number of ether oxygens (including phenoxy) is 1. The van der Waals surface area contributed by atoms with Crippen molar-refractivity contribution in [3.8, 4) is 0 Å². The van der Waals surface area contributed by atoms with Gasteiger partial charge in [-0.3, -0.25) is 19.8 Å². The van der Waals surface area contributed by atoms with Crippen LogP contribution in [-0.2, 0) is 32.1 Å². The lowest BCUT2D eigenvalue weighted by Gasteiger charge is -2.41. The first-order valence-corrected chi connectivity index (χ1v) is 13.3. The van der Waals surface area contributed by atoms with Gasteiger partial charge in [0.2, 0.25) is 11.8 Å². The third-order valence-corrected chi connectivity index (χ3v) is 7.07. The molecule has 0 saturated heterocycles. The van der Waals surface area contributed by atoms with Crippen LogP contribution in [0.5, 0.6) is 0 Å². The Hall–Kier alpha value is -3.07. The normalized spacial score (nSPS) is 20.5. The van der Waals surface area contributed by atoms with Crippen LogP contribution in [0.25, 0.3) is 0 Å². The van der Waals surface area contributed by atoms with Gasteiger partial charge < -0.3 is 15.8 Å². The summed E-state index contributed by atoms with van der Waals surface area (Å²) < 4.78 is 5.89. The Labute approximate surface area is 226 Å². The summed E-state index contributed by atoms with van der Waals surface area (Å²) in [6.07, 6.45) is 3.01. The topological polar surface area (TPSA) is 114 Å². The van der Waals surface area contributed by atoms with Gasteiger partial charge in [0.15, 0.2) is 5.78 Å². The Balaban J connectivity index is 1.81. The van der Waals surface area contributed by atoms with Crippen molar-refractivity contribution in [2.75, 3.05) is 20.7 Å². The maximum Gasteiger partial charge on any atom is 0.240 e. The van der Waals surface area contributed by atoms with Crippen molar-refractivity contribution < 1.29 is 19.1 Å². The molecular weight excluding hydrogens is 480 g/mol. The number of nitrogens with one attached hydrogen (secondary N) is 2. The summed E-state index contributed by atoms with van der Waals surface area (Å²) in [5.41, 5.74) is 9.10. The Morgan fingerprint density at radius 2 is 1.66 bits per heavy atom. The molecule has 206 valence electrons. The molecule has 1 aliphatic rings. The van der Waals surface area contributed by atoms with Crippen LogP contribution in [0.2, 0.25) is 0 Å². The van der Waals surface area contributed by atoms with Gasteiger partial charge in [0.1, 0.15) is 6.04 Å². The molecule has 8 heteroatoms. The molecule has 1 aliphatic carbocycles. The molecular formula is C30H42N4O4. The second-order valence-corrected chi connectivity index (χ2v) is 11.2. The molecule has 4 N–H and O–H groups in total. The lowest BCUT2D eigenvalue weighted by molar-refractivity contribution is -0.142. The highest BCUT2D eigenvalue weighted by molar-refractivity contribution is 5.94. The minimum atomic E-state index is -1.15. The zero-order valence-electron chi connectivity index (χ0n) is 23.0. The van der Waals surface area contributed by atoms with Gasteiger partial charge in [-0.25, -0.2) is 5.01 Å². The van der Waals surface area contributed by atoms with Crippen molar-refractivity contribution in [1.29, 1.82) is 0 Å². The van der Waals surface area contributed by atoms with Crippen LogP contribution in [0.15, 0.2) is 60.7 Å². The van der Waals surface area contributed by atoms with Gasteiger partial charge in [0, 0.05) is 20.0 Å². The predicted octanol–water partition coefficient (Wildman–Crippen LogP) is 3.01. The predicted molar refractivity (Wildman–Crippen MR) is 148 cm³/mol. The summed E-state index contributed by atoms with van der Waals surface area (Å²) in [4.78, 5) is 40.2. The number of Topliss-reactive ketones (excluding diaryl/α,β-unsaturated/α-hetero) is 1. The van der Waals surface area contributed by atoms with Crippen molar-refractivity contribution in [3.63, 3.8) is 0 Å². The van der Waals surface area contributed by atoms with Gasteiger partial charge in [0.25, 0.3) is 0 Å². The Morgan fingerprint density at radius 3 is 2.24 bits per heavy atom. The number of benzene rings is 2. The van der Waals surface area contributed by atoms with Crippen LogP contribution in [0.1, 0.15) is 50.7 Å². The highest BCUT2D eigenvalue weighted by Gasteiger charge is 2.46. The fourth-order valence-electron chi connectivity index (χ4n) is 5.05. The third kappa shape index (κ3) is 8.21. The second kappa shape index (κ2) is 13.1. The van der Waals surface area contributed by atoms with Gasteiger partial charge in [-0.1, -0.05) is 67.1 Å². The highest BCUT2D eigenvalue weighted by atomic mass is 16.5. The molecule has 8 nitrogen and oxygen atoms in total. The fraction of sp³-hybridized carbons (Fsp3) is 0.500. The van der Waals surface area contributed by atoms with Gasteiger partial charge in [-0.15, -0.1) is 0 Å². The first kappa shape index (κ1) is 29.5. The molecule has 2 aromatic rings. The van der Waals surface area contributed by atoms with Gasteiger partial charge >= 0.3 is 0 Å². The lowest BCUT2D eigenvalue weighted by Crippen LogP contribution is -2.57. The monoisotopic (exact) mass is 522 g/mol. The van der Waals surface area contributed by atoms with E-state index in [1.165, 1.54) is 0 Å². The molecule has 0 spiro atoms. The van der Waals surface area contributed by atoms with Crippen LogP contribution in [0.3, 0.4) is 0 Å². The number of ketones is 1. The van der Waals surface area contributed by atoms with E-state index in [0.717, 1.165) is 17.5 Å². The summed E-state index contributed by atoms with van der Waals surface area (Å²) in [6, 6.07) is 18.7. The van der Waals surface area contributed by atoms with Crippen LogP contribution in [0.4, 0.5) is 0 Å². The van der Waals surface area contributed by atoms with Gasteiger partial charge in [-0.05, 0) is 50.7 Å². The van der Waals surface area contributed by atoms with Crippen molar-refractivity contribution in [1.82, 2.24) is 15.8 Å². The maximum atomic E-state index is 13.9. The molecule has 0 radical (unpaired) electrons. The number of hydrogen-bond donors (Lipinski definition) is 3. The molecule has 1 saturated carbocycles. The summed E-state index contributed by atoms with van der Waals surface area (Å²) >= 11 is 0. The molecule has 3 rings (SSSR count). The average molecular weight is 523 g/mol. The number of nitrogens with zero attached hydrogens (tertiary/aromatic N) is 1. The molecule has 1 fully saturated rings. The van der Waals surface area contributed by atoms with Crippen molar-refractivity contribution in [2.45, 2.75) is 64.1 Å². The number of hydrogen-bond acceptors (Lipinski definition) is 6. The molecule has 2 amide bonds. The molecule has 2 unspecified atom stereocenters. The van der Waals surface area contributed by atoms with Crippen LogP contribution in [-0.4, -0.2) is 54.9 Å². The smallest absolute Gasteiger partial charge is 0.240 e. The molecule has 2 aromatic carbocycles. The maximum absolute atomic E-state index is 13.9. The van der Waals surface area contributed by atoms with Gasteiger partial charge in [0.05, 0.1) is 24.2 Å². The number of nitrogens with two attached hydrogens (primary N) is 1. The first-order chi connectivity index (χ1) is 18.0. The van der Waals surface area contributed by atoms with Gasteiger partial charge in [-0.2, -0.15) is 0 Å². The number of carbonyl (C=O) groups excluding carboxylic acids is 3. The van der Waals surface area contributed by atoms with Crippen molar-refractivity contribution in [3.05, 3.63) is 71.8 Å². The van der Waals surface area contributed by atoms with E-state index < -0.39 is 28.8 Å². The van der Waals surface area contributed by atoms with Crippen LogP contribution in [0, 0.1) is 11.3 Å². The molecule has 38 heavy (non-hydrogen) atoms. The zero-order chi connectivity index (χ0) is 27.8. The number of amides is 2. The summed E-state index contributed by atoms with van der Waals surface area (Å²) in [7, 11) is 3.56. The molecule has 0 aromatic heterocycles. The minimum absolute atomic E-state index is 0.0294.